The summed E-state index contributed by atoms with van der Waals surface area (Å²) in [4.78, 5) is 28.7. The number of nitrogens with zero attached hydrogens (tertiary/aromatic N) is 1. The molecule has 0 bridgehead atoms. The number of rotatable bonds is 3. The molecule has 0 fully saturated rings. The zero-order valence-corrected chi connectivity index (χ0v) is 16.4. The predicted octanol–water partition coefficient (Wildman–Crippen LogP) is 5.87. The van der Waals surface area contributed by atoms with Gasteiger partial charge in [0.05, 0.1) is 21.3 Å². The fourth-order valence-electron chi connectivity index (χ4n) is 2.53. The summed E-state index contributed by atoms with van der Waals surface area (Å²) in [5, 5.41) is 8.78. The van der Waals surface area contributed by atoms with Gasteiger partial charge in [-0.2, -0.15) is 0 Å². The molecule has 4 aromatic rings. The number of thiazole rings is 1. The number of hydrogen-bond donors (Lipinski definition) is 2. The van der Waals surface area contributed by atoms with E-state index in [9.17, 15) is 9.59 Å². The number of hydrogen-bond acceptors (Lipinski definition) is 5. The lowest BCUT2D eigenvalue weighted by molar-refractivity contribution is 0.262. The van der Waals surface area contributed by atoms with Crippen molar-refractivity contribution in [3.05, 3.63) is 74.4 Å². The van der Waals surface area contributed by atoms with E-state index in [0.717, 1.165) is 5.39 Å². The van der Waals surface area contributed by atoms with E-state index in [4.69, 9.17) is 27.6 Å². The molecule has 0 saturated heterocycles. The summed E-state index contributed by atoms with van der Waals surface area (Å²) in [6.07, 6.45) is 0. The first-order chi connectivity index (χ1) is 13.5. The van der Waals surface area contributed by atoms with Crippen LogP contribution in [-0.4, -0.2) is 11.0 Å². The number of anilines is 2. The maximum Gasteiger partial charge on any atom is 0.345 e. The van der Waals surface area contributed by atoms with Crippen molar-refractivity contribution < 1.29 is 9.21 Å². The molecule has 2 heterocycles. The van der Waals surface area contributed by atoms with E-state index in [2.05, 4.69) is 15.6 Å². The normalized spacial score (nSPS) is 10.8. The second-order valence-electron chi connectivity index (χ2n) is 5.73. The van der Waals surface area contributed by atoms with E-state index >= 15 is 0 Å². The first-order valence-electron chi connectivity index (χ1n) is 8.01. The van der Waals surface area contributed by atoms with Gasteiger partial charge in [0.25, 0.3) is 0 Å². The zero-order chi connectivity index (χ0) is 19.7. The highest BCUT2D eigenvalue weighted by molar-refractivity contribution is 7.14. The Kier molecular flexibility index (Phi) is 5.04. The highest BCUT2D eigenvalue weighted by Gasteiger charge is 2.13. The smallest absolute Gasteiger partial charge is 0.345 e. The van der Waals surface area contributed by atoms with Crippen LogP contribution in [0.1, 0.15) is 0 Å². The van der Waals surface area contributed by atoms with Gasteiger partial charge in [0.2, 0.25) is 0 Å². The Morgan fingerprint density at radius 2 is 1.86 bits per heavy atom. The van der Waals surface area contributed by atoms with Gasteiger partial charge in [-0.3, -0.25) is 5.32 Å². The van der Waals surface area contributed by atoms with Crippen LogP contribution in [0.4, 0.5) is 15.6 Å². The van der Waals surface area contributed by atoms with Crippen LogP contribution in [0.25, 0.3) is 22.2 Å². The Bertz CT molecular complexity index is 1250. The quantitative estimate of drug-likeness (QED) is 0.397. The molecule has 0 aliphatic heterocycles. The molecule has 0 spiro atoms. The lowest BCUT2D eigenvalue weighted by Crippen LogP contribution is -2.19. The molecule has 2 N–H and O–H groups in total. The van der Waals surface area contributed by atoms with Gasteiger partial charge < -0.3 is 9.73 Å². The van der Waals surface area contributed by atoms with E-state index in [-0.39, 0.29) is 0 Å². The zero-order valence-electron chi connectivity index (χ0n) is 14.0. The Hall–Kier alpha value is -2.87. The largest absolute Gasteiger partial charge is 0.422 e. The van der Waals surface area contributed by atoms with Crippen LogP contribution in [0.2, 0.25) is 10.0 Å². The molecule has 6 nitrogen and oxygen atoms in total. The van der Waals surface area contributed by atoms with E-state index in [1.54, 1.807) is 35.7 Å². The van der Waals surface area contributed by atoms with Crippen molar-refractivity contribution in [3.8, 4) is 11.3 Å². The summed E-state index contributed by atoms with van der Waals surface area (Å²) in [7, 11) is 0. The first-order valence-corrected chi connectivity index (χ1v) is 9.65. The van der Waals surface area contributed by atoms with Crippen molar-refractivity contribution in [2.45, 2.75) is 0 Å². The molecule has 4 rings (SSSR count). The van der Waals surface area contributed by atoms with Crippen molar-refractivity contribution in [2.75, 3.05) is 10.6 Å². The average Bonchev–Trinajstić information content (AvgIpc) is 3.12. The molecule has 0 aliphatic rings. The Labute approximate surface area is 172 Å². The molecule has 28 heavy (non-hydrogen) atoms. The van der Waals surface area contributed by atoms with Crippen molar-refractivity contribution in [2.24, 2.45) is 0 Å². The van der Waals surface area contributed by atoms with E-state index in [1.807, 2.05) is 12.1 Å². The monoisotopic (exact) mass is 431 g/mol. The fourth-order valence-corrected chi connectivity index (χ4v) is 3.53. The molecule has 0 saturated carbocycles. The number of para-hydroxylation sites is 1. The number of benzene rings is 2. The number of carbonyl (C=O) groups is 1. The van der Waals surface area contributed by atoms with Crippen LogP contribution in [0, 0.1) is 0 Å². The maximum absolute atomic E-state index is 12.2. The molecule has 0 atom stereocenters. The first kappa shape index (κ1) is 18.5. The summed E-state index contributed by atoms with van der Waals surface area (Å²) >= 11 is 13.0. The number of amides is 2. The van der Waals surface area contributed by atoms with Gasteiger partial charge in [-0.05, 0) is 30.3 Å². The lowest BCUT2D eigenvalue weighted by Gasteiger charge is -2.06. The third kappa shape index (κ3) is 3.87. The summed E-state index contributed by atoms with van der Waals surface area (Å²) < 4.78 is 5.32. The summed E-state index contributed by atoms with van der Waals surface area (Å²) in [5.74, 6) is 0. The van der Waals surface area contributed by atoms with Gasteiger partial charge in [-0.15, -0.1) is 11.3 Å². The molecular formula is C19H11Cl2N3O3S. The number of carbonyl (C=O) groups excluding carboxylic acids is 1. The Morgan fingerprint density at radius 3 is 2.68 bits per heavy atom. The van der Waals surface area contributed by atoms with Gasteiger partial charge in [0, 0.05) is 16.5 Å². The number of aromatic nitrogens is 1. The second-order valence-corrected chi connectivity index (χ2v) is 7.40. The standard InChI is InChI=1S/C19H11Cl2N3O3S/c20-13-6-5-11(8-14(13)21)22-18(26)24-19-23-15(9-28-19)12-7-10-3-1-2-4-16(10)27-17(12)25/h1-9H,(H2,22,23,24,26). The van der Waals surface area contributed by atoms with E-state index in [1.165, 1.54) is 17.4 Å². The minimum Gasteiger partial charge on any atom is -0.422 e. The van der Waals surface area contributed by atoms with Crippen molar-refractivity contribution in [1.29, 1.82) is 0 Å². The Balaban J connectivity index is 1.53. The number of halogens is 2. The van der Waals surface area contributed by atoms with Gasteiger partial charge in [-0.1, -0.05) is 41.4 Å². The third-order valence-corrected chi connectivity index (χ3v) is 5.32. The average molecular weight is 432 g/mol. The second kappa shape index (κ2) is 7.63. The fraction of sp³-hybridized carbons (Fsp3) is 0. The van der Waals surface area contributed by atoms with Gasteiger partial charge in [-0.25, -0.2) is 14.6 Å². The SMILES string of the molecule is O=C(Nc1ccc(Cl)c(Cl)c1)Nc1nc(-c2cc3ccccc3oc2=O)cs1. The van der Waals surface area contributed by atoms with Crippen LogP contribution in [0.5, 0.6) is 0 Å². The molecule has 9 heteroatoms. The topological polar surface area (TPSA) is 84.2 Å². The molecular weight excluding hydrogens is 421 g/mol. The summed E-state index contributed by atoms with van der Waals surface area (Å²) in [6, 6.07) is 13.2. The predicted molar refractivity (Wildman–Crippen MR) is 113 cm³/mol. The molecule has 0 aliphatic carbocycles. The molecule has 140 valence electrons. The van der Waals surface area contributed by atoms with Crippen LogP contribution in [-0.2, 0) is 0 Å². The number of urea groups is 1. The van der Waals surface area contributed by atoms with Gasteiger partial charge >= 0.3 is 11.7 Å². The molecule has 0 radical (unpaired) electrons. The van der Waals surface area contributed by atoms with Crippen LogP contribution in [0.15, 0.2) is 63.1 Å². The van der Waals surface area contributed by atoms with Crippen molar-refractivity contribution >= 4 is 62.4 Å². The minimum atomic E-state index is -0.496. The van der Waals surface area contributed by atoms with Crippen LogP contribution >= 0.6 is 34.5 Å². The molecule has 0 unspecified atom stereocenters. The van der Waals surface area contributed by atoms with Gasteiger partial charge in [0.1, 0.15) is 5.58 Å². The molecule has 2 amide bonds. The Morgan fingerprint density at radius 1 is 1.04 bits per heavy atom. The maximum atomic E-state index is 12.2. The van der Waals surface area contributed by atoms with Crippen LogP contribution < -0.4 is 16.3 Å². The van der Waals surface area contributed by atoms with E-state index < -0.39 is 11.7 Å². The summed E-state index contributed by atoms with van der Waals surface area (Å²) in [5.41, 5.74) is 1.25. The minimum absolute atomic E-state index is 0.327. The highest BCUT2D eigenvalue weighted by Crippen LogP contribution is 2.27. The van der Waals surface area contributed by atoms with Crippen molar-refractivity contribution in [1.82, 2.24) is 4.98 Å². The molecule has 2 aromatic carbocycles. The van der Waals surface area contributed by atoms with Crippen LogP contribution in [0.3, 0.4) is 0 Å². The summed E-state index contributed by atoms with van der Waals surface area (Å²) in [6.45, 7) is 0. The molecule has 2 aromatic heterocycles. The third-order valence-electron chi connectivity index (χ3n) is 3.82. The number of nitrogens with one attached hydrogen (secondary N) is 2. The van der Waals surface area contributed by atoms with Gasteiger partial charge in [0.15, 0.2) is 5.13 Å². The number of fused-ring (bicyclic) bond motifs is 1. The lowest BCUT2D eigenvalue weighted by atomic mass is 10.1. The van der Waals surface area contributed by atoms with E-state index in [0.29, 0.717) is 37.7 Å². The highest BCUT2D eigenvalue weighted by atomic mass is 35.5. The van der Waals surface area contributed by atoms with Crippen molar-refractivity contribution in [3.63, 3.8) is 0 Å².